The molecule has 1 fully saturated rings. The minimum Gasteiger partial charge on any atom is -0.497 e. The number of nitrogens with one attached hydrogen (secondary N) is 1. The van der Waals surface area contributed by atoms with E-state index in [1.165, 1.54) is 17.4 Å². The average molecular weight is 449 g/mol. The first-order valence-electron chi connectivity index (χ1n) is 11.0. The van der Waals surface area contributed by atoms with Gasteiger partial charge in [0, 0.05) is 19.6 Å². The highest BCUT2D eigenvalue weighted by Gasteiger charge is 2.31. The van der Waals surface area contributed by atoms with Crippen LogP contribution in [0, 0.1) is 0 Å². The SMILES string of the molecule is COc1cccc(CO[C@@H]2CN(CCc3ccccc3)C(=O)CN(C(=O)c3cnc[nH]3)C2)c1. The molecule has 2 aromatic carbocycles. The largest absolute Gasteiger partial charge is 0.497 e. The van der Waals surface area contributed by atoms with Crippen molar-refractivity contribution in [3.8, 4) is 5.75 Å². The van der Waals surface area contributed by atoms with Crippen molar-refractivity contribution in [2.24, 2.45) is 0 Å². The zero-order chi connectivity index (χ0) is 23.0. The minimum absolute atomic E-state index is 0.00562. The van der Waals surface area contributed by atoms with Crippen LogP contribution in [0.1, 0.15) is 21.6 Å². The van der Waals surface area contributed by atoms with Crippen LogP contribution in [0.15, 0.2) is 67.1 Å². The van der Waals surface area contributed by atoms with Crippen LogP contribution in [0.5, 0.6) is 5.75 Å². The maximum absolute atomic E-state index is 13.1. The fourth-order valence-electron chi connectivity index (χ4n) is 3.88. The average Bonchev–Trinajstić information content (AvgIpc) is 3.34. The zero-order valence-electron chi connectivity index (χ0n) is 18.6. The van der Waals surface area contributed by atoms with Crippen molar-refractivity contribution in [3.05, 3.63) is 83.9 Å². The topological polar surface area (TPSA) is 87.8 Å². The number of hydrogen-bond acceptors (Lipinski definition) is 5. The van der Waals surface area contributed by atoms with E-state index in [9.17, 15) is 9.59 Å². The Labute approximate surface area is 193 Å². The molecule has 0 aliphatic carbocycles. The number of carbonyl (C=O) groups excluding carboxylic acids is 2. The first-order chi connectivity index (χ1) is 16.1. The van der Waals surface area contributed by atoms with Gasteiger partial charge in [-0.2, -0.15) is 0 Å². The van der Waals surface area contributed by atoms with Gasteiger partial charge in [0.25, 0.3) is 5.91 Å². The van der Waals surface area contributed by atoms with E-state index in [0.29, 0.717) is 31.9 Å². The van der Waals surface area contributed by atoms with Crippen molar-refractivity contribution in [3.63, 3.8) is 0 Å². The number of aromatic amines is 1. The number of methoxy groups -OCH3 is 1. The quantitative estimate of drug-likeness (QED) is 0.572. The molecule has 1 aromatic heterocycles. The van der Waals surface area contributed by atoms with Gasteiger partial charge < -0.3 is 24.3 Å². The number of carbonyl (C=O) groups is 2. The van der Waals surface area contributed by atoms with Crippen LogP contribution in [-0.4, -0.2) is 71.0 Å². The predicted octanol–water partition coefficient (Wildman–Crippen LogP) is 2.53. The first kappa shape index (κ1) is 22.5. The molecule has 1 atom stereocenters. The Hall–Kier alpha value is -3.65. The molecule has 0 saturated carbocycles. The monoisotopic (exact) mass is 448 g/mol. The van der Waals surface area contributed by atoms with Crippen LogP contribution in [0.3, 0.4) is 0 Å². The van der Waals surface area contributed by atoms with Crippen molar-refractivity contribution in [2.75, 3.05) is 33.3 Å². The van der Waals surface area contributed by atoms with Crippen molar-refractivity contribution >= 4 is 11.8 Å². The van der Waals surface area contributed by atoms with E-state index in [0.717, 1.165) is 23.3 Å². The molecular weight excluding hydrogens is 420 g/mol. The summed E-state index contributed by atoms with van der Waals surface area (Å²) in [4.78, 5) is 36.1. The van der Waals surface area contributed by atoms with Crippen LogP contribution >= 0.6 is 0 Å². The Balaban J connectivity index is 1.48. The number of rotatable bonds is 8. The van der Waals surface area contributed by atoms with Crippen LogP contribution in [0.2, 0.25) is 0 Å². The molecule has 8 nitrogen and oxygen atoms in total. The van der Waals surface area contributed by atoms with Gasteiger partial charge in [-0.15, -0.1) is 0 Å². The van der Waals surface area contributed by atoms with Crippen molar-refractivity contribution in [1.29, 1.82) is 0 Å². The number of nitrogens with zero attached hydrogens (tertiary/aromatic N) is 3. The minimum atomic E-state index is -0.328. The summed E-state index contributed by atoms with van der Waals surface area (Å²) in [7, 11) is 1.63. The summed E-state index contributed by atoms with van der Waals surface area (Å²) in [6.45, 7) is 1.66. The van der Waals surface area contributed by atoms with E-state index in [1.54, 1.807) is 12.0 Å². The van der Waals surface area contributed by atoms with Crippen LogP contribution in [0.25, 0.3) is 0 Å². The van der Waals surface area contributed by atoms with E-state index in [1.807, 2.05) is 54.6 Å². The highest BCUT2D eigenvalue weighted by atomic mass is 16.5. The number of hydrogen-bond donors (Lipinski definition) is 1. The van der Waals surface area contributed by atoms with Gasteiger partial charge in [-0.05, 0) is 29.7 Å². The van der Waals surface area contributed by atoms with Crippen molar-refractivity contribution < 1.29 is 19.1 Å². The summed E-state index contributed by atoms with van der Waals surface area (Å²) >= 11 is 0. The van der Waals surface area contributed by atoms with E-state index in [2.05, 4.69) is 9.97 Å². The van der Waals surface area contributed by atoms with Crippen molar-refractivity contribution in [1.82, 2.24) is 19.8 Å². The van der Waals surface area contributed by atoms with Gasteiger partial charge in [-0.25, -0.2) is 4.98 Å². The lowest BCUT2D eigenvalue weighted by atomic mass is 10.1. The van der Waals surface area contributed by atoms with Gasteiger partial charge in [0.15, 0.2) is 0 Å². The van der Waals surface area contributed by atoms with Gasteiger partial charge in [-0.1, -0.05) is 42.5 Å². The second kappa shape index (κ2) is 10.8. The highest BCUT2D eigenvalue weighted by molar-refractivity contribution is 5.95. The van der Waals surface area contributed by atoms with Crippen molar-refractivity contribution in [2.45, 2.75) is 19.1 Å². The van der Waals surface area contributed by atoms with Crippen LogP contribution in [0.4, 0.5) is 0 Å². The standard InChI is InChI=1S/C25H28N4O4/c1-32-21-9-5-8-20(12-21)17-33-22-14-28(11-10-19-6-3-2-4-7-19)24(30)16-29(15-22)25(31)23-13-26-18-27-23/h2-9,12-13,18,22H,10-11,14-17H2,1H3,(H,26,27)/t22-/m1/s1. The molecule has 0 radical (unpaired) electrons. The van der Waals surface area contributed by atoms with E-state index in [4.69, 9.17) is 9.47 Å². The van der Waals surface area contributed by atoms with E-state index >= 15 is 0 Å². The number of imidazole rings is 1. The molecule has 33 heavy (non-hydrogen) atoms. The fourth-order valence-corrected chi connectivity index (χ4v) is 3.88. The molecule has 1 N–H and O–H groups in total. The Morgan fingerprint density at radius 2 is 1.94 bits per heavy atom. The summed E-state index contributed by atoms with van der Waals surface area (Å²) in [5, 5.41) is 0. The predicted molar refractivity (Wildman–Crippen MR) is 123 cm³/mol. The third kappa shape index (κ3) is 5.98. The molecular formula is C25H28N4O4. The molecule has 2 amide bonds. The molecule has 1 saturated heterocycles. The number of ether oxygens (including phenoxy) is 2. The molecule has 1 aliphatic rings. The Morgan fingerprint density at radius 3 is 2.70 bits per heavy atom. The fraction of sp³-hybridized carbons (Fsp3) is 0.320. The molecule has 0 bridgehead atoms. The zero-order valence-corrected chi connectivity index (χ0v) is 18.6. The molecule has 172 valence electrons. The molecule has 3 aromatic rings. The molecule has 2 heterocycles. The van der Waals surface area contributed by atoms with E-state index in [-0.39, 0.29) is 24.5 Å². The van der Waals surface area contributed by atoms with Crippen LogP contribution < -0.4 is 4.74 Å². The maximum Gasteiger partial charge on any atom is 0.272 e. The molecule has 0 unspecified atom stereocenters. The lowest BCUT2D eigenvalue weighted by Crippen LogP contribution is -2.40. The second-order valence-corrected chi connectivity index (χ2v) is 8.01. The number of H-pyrrole nitrogens is 1. The van der Waals surface area contributed by atoms with Gasteiger partial charge in [0.05, 0.1) is 32.3 Å². The Bertz CT molecular complexity index is 1060. The first-order valence-corrected chi connectivity index (χ1v) is 11.0. The smallest absolute Gasteiger partial charge is 0.272 e. The van der Waals surface area contributed by atoms with Gasteiger partial charge >= 0.3 is 0 Å². The third-order valence-corrected chi connectivity index (χ3v) is 5.68. The van der Waals surface area contributed by atoms with Gasteiger partial charge in [0.2, 0.25) is 5.91 Å². The number of aromatic nitrogens is 2. The molecule has 4 rings (SSSR count). The third-order valence-electron chi connectivity index (χ3n) is 5.68. The van der Waals surface area contributed by atoms with E-state index < -0.39 is 0 Å². The molecule has 8 heteroatoms. The Morgan fingerprint density at radius 1 is 1.12 bits per heavy atom. The molecule has 0 spiro atoms. The number of benzene rings is 2. The number of amides is 2. The Kier molecular flexibility index (Phi) is 7.36. The second-order valence-electron chi connectivity index (χ2n) is 8.01. The highest BCUT2D eigenvalue weighted by Crippen LogP contribution is 2.17. The van der Waals surface area contributed by atoms with Gasteiger partial charge in [-0.3, -0.25) is 9.59 Å². The van der Waals surface area contributed by atoms with Gasteiger partial charge in [0.1, 0.15) is 18.0 Å². The van der Waals surface area contributed by atoms with Crippen LogP contribution in [-0.2, 0) is 22.6 Å². The lowest BCUT2D eigenvalue weighted by Gasteiger charge is -2.25. The molecule has 1 aliphatic heterocycles. The lowest BCUT2D eigenvalue weighted by molar-refractivity contribution is -0.131. The summed E-state index contributed by atoms with van der Waals surface area (Å²) in [5.74, 6) is 0.402. The summed E-state index contributed by atoms with van der Waals surface area (Å²) < 4.78 is 11.5. The summed E-state index contributed by atoms with van der Waals surface area (Å²) in [5.41, 5.74) is 2.48. The summed E-state index contributed by atoms with van der Waals surface area (Å²) in [6, 6.07) is 17.7. The normalized spacial score (nSPS) is 16.5. The summed E-state index contributed by atoms with van der Waals surface area (Å²) in [6.07, 6.45) is 3.33. The maximum atomic E-state index is 13.1.